The maximum absolute atomic E-state index is 12.9. The molecule has 2 aromatic rings. The number of aryl methyl sites for hydroxylation is 2. The Kier molecular flexibility index (Phi) is 6.96. The van der Waals surface area contributed by atoms with Crippen molar-refractivity contribution in [2.75, 3.05) is 51.9 Å². The molecule has 9 heteroatoms. The minimum absolute atomic E-state index is 0.200. The Bertz CT molecular complexity index is 883. The van der Waals surface area contributed by atoms with E-state index < -0.39 is 10.0 Å². The van der Waals surface area contributed by atoms with Crippen LogP contribution >= 0.6 is 11.3 Å². The SMILES string of the molecule is Cc1ccc(C)c2sc(N(CCCN(C)C)C(=O)CN(C)S(C)(=O)=O)nc12. The standard InChI is InChI=1S/C18H28N4O3S2/c1-13-8-9-14(2)17-16(13)19-18(26-17)22(11-7-10-20(3)4)15(23)12-21(5)27(6,24)25/h8-9H,7,10-12H2,1-6H3. The Morgan fingerprint density at radius 1 is 1.11 bits per heavy atom. The van der Waals surface area contributed by atoms with E-state index in [1.807, 2.05) is 34.0 Å². The molecule has 0 atom stereocenters. The van der Waals surface area contributed by atoms with Crippen molar-refractivity contribution < 1.29 is 13.2 Å². The monoisotopic (exact) mass is 412 g/mol. The number of likely N-dealkylation sites (N-methyl/N-ethyl adjacent to an activating group) is 1. The molecule has 1 heterocycles. The fraction of sp³-hybridized carbons (Fsp3) is 0.556. The molecule has 0 spiro atoms. The number of carbonyl (C=O) groups is 1. The highest BCUT2D eigenvalue weighted by Crippen LogP contribution is 2.33. The molecule has 27 heavy (non-hydrogen) atoms. The molecule has 7 nitrogen and oxygen atoms in total. The minimum Gasteiger partial charge on any atom is -0.309 e. The molecule has 0 saturated heterocycles. The molecule has 0 radical (unpaired) electrons. The Hall–Kier alpha value is -1.55. The van der Waals surface area contributed by atoms with Gasteiger partial charge in [0.05, 0.1) is 23.0 Å². The second-order valence-corrected chi connectivity index (χ2v) is 10.2. The third kappa shape index (κ3) is 5.47. The van der Waals surface area contributed by atoms with Gasteiger partial charge in [-0.3, -0.25) is 9.69 Å². The lowest BCUT2D eigenvalue weighted by Crippen LogP contribution is -2.42. The molecule has 0 unspecified atom stereocenters. The fourth-order valence-electron chi connectivity index (χ4n) is 2.63. The molecule has 0 aliphatic heterocycles. The van der Waals surface area contributed by atoms with E-state index in [-0.39, 0.29) is 12.5 Å². The predicted molar refractivity (Wildman–Crippen MR) is 112 cm³/mol. The molecule has 0 N–H and O–H groups in total. The number of hydrogen-bond acceptors (Lipinski definition) is 6. The van der Waals surface area contributed by atoms with E-state index in [0.717, 1.165) is 44.9 Å². The van der Waals surface area contributed by atoms with E-state index in [4.69, 9.17) is 4.98 Å². The number of rotatable bonds is 8. The number of nitrogens with zero attached hydrogens (tertiary/aromatic N) is 4. The molecule has 0 aliphatic carbocycles. The predicted octanol–water partition coefficient (Wildman–Crippen LogP) is 2.09. The van der Waals surface area contributed by atoms with Crippen LogP contribution in [0.1, 0.15) is 17.5 Å². The maximum atomic E-state index is 12.9. The first-order valence-electron chi connectivity index (χ1n) is 8.74. The number of benzene rings is 1. The number of thiazole rings is 1. The normalized spacial score (nSPS) is 12.3. The summed E-state index contributed by atoms with van der Waals surface area (Å²) in [5.41, 5.74) is 3.08. The topological polar surface area (TPSA) is 73.8 Å². The van der Waals surface area contributed by atoms with E-state index in [9.17, 15) is 13.2 Å². The van der Waals surface area contributed by atoms with E-state index in [2.05, 4.69) is 11.0 Å². The minimum atomic E-state index is -3.43. The van der Waals surface area contributed by atoms with Crippen molar-refractivity contribution in [3.8, 4) is 0 Å². The van der Waals surface area contributed by atoms with Gasteiger partial charge in [-0.1, -0.05) is 23.5 Å². The largest absolute Gasteiger partial charge is 0.309 e. The molecule has 0 bridgehead atoms. The fourth-order valence-corrected chi connectivity index (χ4v) is 4.13. The number of amides is 1. The molecular weight excluding hydrogens is 384 g/mol. The molecule has 150 valence electrons. The van der Waals surface area contributed by atoms with E-state index in [1.165, 1.54) is 18.4 Å². The van der Waals surface area contributed by atoms with E-state index >= 15 is 0 Å². The molecule has 1 aromatic carbocycles. The highest BCUT2D eigenvalue weighted by molar-refractivity contribution is 7.88. The van der Waals surface area contributed by atoms with Gasteiger partial charge in [-0.15, -0.1) is 0 Å². The van der Waals surface area contributed by atoms with Gasteiger partial charge in [0, 0.05) is 13.6 Å². The van der Waals surface area contributed by atoms with Crippen molar-refractivity contribution in [1.82, 2.24) is 14.2 Å². The summed E-state index contributed by atoms with van der Waals surface area (Å²) in [6, 6.07) is 4.08. The van der Waals surface area contributed by atoms with Crippen LogP contribution < -0.4 is 4.90 Å². The average molecular weight is 413 g/mol. The summed E-state index contributed by atoms with van der Waals surface area (Å²) in [6.07, 6.45) is 1.87. The van der Waals surface area contributed by atoms with Crippen LogP contribution in [0.15, 0.2) is 12.1 Å². The molecule has 1 aromatic heterocycles. The Labute approximate surface area is 165 Å². The van der Waals surface area contributed by atoms with E-state index in [0.29, 0.717) is 11.7 Å². The zero-order valence-electron chi connectivity index (χ0n) is 16.8. The summed E-state index contributed by atoms with van der Waals surface area (Å²) in [7, 11) is 1.95. The molecule has 0 aliphatic rings. The lowest BCUT2D eigenvalue weighted by molar-refractivity contribution is -0.118. The summed E-state index contributed by atoms with van der Waals surface area (Å²) in [4.78, 5) is 21.3. The van der Waals surface area contributed by atoms with Gasteiger partial charge in [-0.05, 0) is 52.0 Å². The lowest BCUT2D eigenvalue weighted by atomic mass is 10.1. The van der Waals surface area contributed by atoms with Crippen molar-refractivity contribution in [2.45, 2.75) is 20.3 Å². The van der Waals surface area contributed by atoms with Gasteiger partial charge >= 0.3 is 0 Å². The zero-order valence-corrected chi connectivity index (χ0v) is 18.4. The Morgan fingerprint density at radius 3 is 2.30 bits per heavy atom. The summed E-state index contributed by atoms with van der Waals surface area (Å²) >= 11 is 1.48. The molecule has 1 amide bonds. The van der Waals surface area contributed by atoms with Crippen molar-refractivity contribution >= 4 is 42.6 Å². The van der Waals surface area contributed by atoms with Crippen molar-refractivity contribution in [2.24, 2.45) is 0 Å². The highest BCUT2D eigenvalue weighted by atomic mass is 32.2. The second kappa shape index (κ2) is 8.64. The first-order valence-corrected chi connectivity index (χ1v) is 11.4. The third-order valence-corrected chi connectivity index (χ3v) is 6.85. The van der Waals surface area contributed by atoms with Crippen LogP contribution in [-0.2, 0) is 14.8 Å². The van der Waals surface area contributed by atoms with Gasteiger partial charge in [-0.2, -0.15) is 4.31 Å². The van der Waals surface area contributed by atoms with Crippen LogP contribution in [0, 0.1) is 13.8 Å². The van der Waals surface area contributed by atoms with Crippen LogP contribution in [0.5, 0.6) is 0 Å². The Balaban J connectivity index is 2.35. The number of sulfonamides is 1. The summed E-state index contributed by atoms with van der Waals surface area (Å²) in [5.74, 6) is -0.268. The van der Waals surface area contributed by atoms with Gasteiger partial charge in [0.15, 0.2) is 5.13 Å². The number of hydrogen-bond donors (Lipinski definition) is 0. The summed E-state index contributed by atoms with van der Waals surface area (Å²) in [6.45, 7) is 5.15. The summed E-state index contributed by atoms with van der Waals surface area (Å²) in [5, 5.41) is 0.619. The number of anilines is 1. The van der Waals surface area contributed by atoms with Crippen molar-refractivity contribution in [3.63, 3.8) is 0 Å². The van der Waals surface area contributed by atoms with Gasteiger partial charge in [-0.25, -0.2) is 13.4 Å². The van der Waals surface area contributed by atoms with Crippen LogP contribution in [0.25, 0.3) is 10.2 Å². The number of fused-ring (bicyclic) bond motifs is 1. The average Bonchev–Trinajstić information content (AvgIpc) is 3.00. The smallest absolute Gasteiger partial charge is 0.244 e. The lowest BCUT2D eigenvalue weighted by Gasteiger charge is -2.23. The van der Waals surface area contributed by atoms with Gasteiger partial charge in [0.1, 0.15) is 0 Å². The molecule has 0 fully saturated rings. The van der Waals surface area contributed by atoms with Crippen LogP contribution in [-0.4, -0.2) is 75.5 Å². The van der Waals surface area contributed by atoms with Gasteiger partial charge < -0.3 is 4.90 Å². The van der Waals surface area contributed by atoms with Crippen LogP contribution in [0.2, 0.25) is 0 Å². The zero-order chi connectivity index (χ0) is 20.4. The van der Waals surface area contributed by atoms with Crippen LogP contribution in [0.3, 0.4) is 0 Å². The maximum Gasteiger partial charge on any atom is 0.244 e. The first kappa shape index (κ1) is 21.7. The highest BCUT2D eigenvalue weighted by Gasteiger charge is 2.24. The first-order chi connectivity index (χ1) is 12.5. The second-order valence-electron chi connectivity index (χ2n) is 7.09. The summed E-state index contributed by atoms with van der Waals surface area (Å²) < 4.78 is 25.5. The van der Waals surface area contributed by atoms with E-state index in [1.54, 1.807) is 4.90 Å². The molecule has 0 saturated carbocycles. The number of aromatic nitrogens is 1. The molecule has 2 rings (SSSR count). The quantitative estimate of drug-likeness (QED) is 0.664. The third-order valence-electron chi connectivity index (χ3n) is 4.37. The van der Waals surface area contributed by atoms with Gasteiger partial charge in [0.2, 0.25) is 15.9 Å². The molecular formula is C18H28N4O3S2. The number of carbonyl (C=O) groups excluding carboxylic acids is 1. The van der Waals surface area contributed by atoms with Crippen molar-refractivity contribution in [1.29, 1.82) is 0 Å². The van der Waals surface area contributed by atoms with Crippen LogP contribution in [0.4, 0.5) is 5.13 Å². The van der Waals surface area contributed by atoms with Crippen molar-refractivity contribution in [3.05, 3.63) is 23.3 Å². The van der Waals surface area contributed by atoms with Gasteiger partial charge in [0.25, 0.3) is 0 Å². The Morgan fingerprint density at radius 2 is 1.74 bits per heavy atom.